The highest BCUT2D eigenvalue weighted by Crippen LogP contribution is 2.31. The van der Waals surface area contributed by atoms with Crippen LogP contribution < -0.4 is 5.32 Å². The molecule has 0 radical (unpaired) electrons. The number of nitriles is 1. The Labute approximate surface area is 79.0 Å². The van der Waals surface area contributed by atoms with Crippen LogP contribution in [0.5, 0.6) is 0 Å². The van der Waals surface area contributed by atoms with Gasteiger partial charge in [0.2, 0.25) is 0 Å². The molecule has 1 rings (SSSR count). The number of rotatable bonds is 1. The molecular weight excluding hydrogens is 193 g/mol. The third-order valence-corrected chi connectivity index (χ3v) is 1.74. The van der Waals surface area contributed by atoms with Crippen molar-refractivity contribution in [3.8, 4) is 6.07 Å². The number of hydrogen-bond acceptors (Lipinski definition) is 2. The highest BCUT2D eigenvalue weighted by Gasteiger charge is 2.30. The largest absolute Gasteiger partial charge is 0.416 e. The second kappa shape index (κ2) is 3.58. The van der Waals surface area contributed by atoms with Crippen LogP contribution in [0.2, 0.25) is 0 Å². The fraction of sp³-hybridized carbons (Fsp3) is 0.222. The average molecular weight is 200 g/mol. The van der Waals surface area contributed by atoms with E-state index in [0.717, 1.165) is 18.2 Å². The second-order valence-electron chi connectivity index (χ2n) is 2.62. The average Bonchev–Trinajstić information content (AvgIpc) is 2.15. The zero-order valence-electron chi connectivity index (χ0n) is 7.31. The minimum absolute atomic E-state index is 0.183. The lowest BCUT2D eigenvalue weighted by molar-refractivity contribution is -0.137. The first-order valence-corrected chi connectivity index (χ1v) is 3.78. The summed E-state index contributed by atoms with van der Waals surface area (Å²) in [7, 11) is 1.47. The Morgan fingerprint density at radius 2 is 2.00 bits per heavy atom. The number of nitrogens with zero attached hydrogens (tertiary/aromatic N) is 1. The van der Waals surface area contributed by atoms with Gasteiger partial charge in [-0.2, -0.15) is 18.4 Å². The van der Waals surface area contributed by atoms with Crippen LogP contribution in [-0.4, -0.2) is 7.05 Å². The van der Waals surface area contributed by atoms with Gasteiger partial charge in [-0.05, 0) is 18.2 Å². The third kappa shape index (κ3) is 1.96. The van der Waals surface area contributed by atoms with E-state index >= 15 is 0 Å². The van der Waals surface area contributed by atoms with E-state index in [1.165, 1.54) is 7.05 Å². The number of benzene rings is 1. The molecular formula is C9H7F3N2. The Bertz CT molecular complexity index is 377. The molecule has 0 heterocycles. The van der Waals surface area contributed by atoms with E-state index in [9.17, 15) is 13.2 Å². The Hall–Kier alpha value is -1.70. The Kier molecular flexibility index (Phi) is 2.65. The van der Waals surface area contributed by atoms with Crippen LogP contribution in [-0.2, 0) is 6.18 Å². The summed E-state index contributed by atoms with van der Waals surface area (Å²) in [6.07, 6.45) is -4.38. The molecule has 1 aromatic rings. The molecule has 1 N–H and O–H groups in total. The number of hydrogen-bond donors (Lipinski definition) is 1. The topological polar surface area (TPSA) is 35.8 Å². The minimum atomic E-state index is -4.38. The third-order valence-electron chi connectivity index (χ3n) is 1.74. The molecule has 0 fully saturated rings. The maximum atomic E-state index is 12.2. The lowest BCUT2D eigenvalue weighted by Crippen LogP contribution is -2.06. The van der Waals surface area contributed by atoms with Crippen LogP contribution in [0.4, 0.5) is 18.9 Å². The Morgan fingerprint density at radius 3 is 2.43 bits per heavy atom. The van der Waals surface area contributed by atoms with Crippen molar-refractivity contribution in [2.45, 2.75) is 6.18 Å². The summed E-state index contributed by atoms with van der Waals surface area (Å²) in [5.74, 6) is 0. The molecule has 1 aromatic carbocycles. The normalized spacial score (nSPS) is 10.8. The van der Waals surface area contributed by atoms with E-state index in [2.05, 4.69) is 5.32 Å². The molecule has 0 bridgehead atoms. The SMILES string of the molecule is CNc1cc(C(F)(F)F)ccc1C#N. The summed E-state index contributed by atoms with van der Waals surface area (Å²) in [5, 5.41) is 11.1. The van der Waals surface area contributed by atoms with Crippen LogP contribution in [0, 0.1) is 11.3 Å². The second-order valence-corrected chi connectivity index (χ2v) is 2.62. The van der Waals surface area contributed by atoms with Crippen molar-refractivity contribution < 1.29 is 13.2 Å². The molecule has 0 spiro atoms. The maximum absolute atomic E-state index is 12.2. The molecule has 0 amide bonds. The molecule has 5 heteroatoms. The van der Waals surface area contributed by atoms with Gasteiger partial charge in [-0.15, -0.1) is 0 Å². The Morgan fingerprint density at radius 1 is 1.36 bits per heavy atom. The lowest BCUT2D eigenvalue weighted by atomic mass is 10.1. The van der Waals surface area contributed by atoms with Gasteiger partial charge in [0.25, 0.3) is 0 Å². The van der Waals surface area contributed by atoms with Crippen molar-refractivity contribution in [3.05, 3.63) is 29.3 Å². The summed E-state index contributed by atoms with van der Waals surface area (Å²) in [6.45, 7) is 0. The number of halogens is 3. The van der Waals surface area contributed by atoms with E-state index in [0.29, 0.717) is 0 Å². The summed E-state index contributed by atoms with van der Waals surface area (Å²) in [4.78, 5) is 0. The molecule has 0 unspecified atom stereocenters. The van der Waals surface area contributed by atoms with Gasteiger partial charge in [0.15, 0.2) is 0 Å². The van der Waals surface area contributed by atoms with Gasteiger partial charge in [-0.1, -0.05) is 0 Å². The van der Waals surface area contributed by atoms with E-state index < -0.39 is 11.7 Å². The standard InChI is InChI=1S/C9H7F3N2/c1-14-8-4-7(9(10,11)12)3-2-6(8)5-13/h2-4,14H,1H3. The number of alkyl halides is 3. The lowest BCUT2D eigenvalue weighted by Gasteiger charge is -2.09. The molecule has 0 aliphatic carbocycles. The molecule has 0 saturated carbocycles. The predicted octanol–water partition coefficient (Wildman–Crippen LogP) is 2.62. The first kappa shape index (κ1) is 10.4. The van der Waals surface area contributed by atoms with Crippen molar-refractivity contribution in [3.63, 3.8) is 0 Å². The first-order chi connectivity index (χ1) is 6.49. The van der Waals surface area contributed by atoms with Crippen molar-refractivity contribution >= 4 is 5.69 Å². The predicted molar refractivity (Wildman–Crippen MR) is 45.7 cm³/mol. The van der Waals surface area contributed by atoms with Crippen molar-refractivity contribution in [2.75, 3.05) is 12.4 Å². The van der Waals surface area contributed by atoms with Gasteiger partial charge in [-0.3, -0.25) is 0 Å². The van der Waals surface area contributed by atoms with Gasteiger partial charge in [0.05, 0.1) is 16.8 Å². The van der Waals surface area contributed by atoms with Crippen molar-refractivity contribution in [1.82, 2.24) is 0 Å². The van der Waals surface area contributed by atoms with E-state index in [4.69, 9.17) is 5.26 Å². The number of anilines is 1. The zero-order chi connectivity index (χ0) is 10.8. The van der Waals surface area contributed by atoms with Gasteiger partial charge in [-0.25, -0.2) is 0 Å². The monoisotopic (exact) mass is 200 g/mol. The Balaban J connectivity index is 3.23. The molecule has 0 aromatic heterocycles. The van der Waals surface area contributed by atoms with E-state index in [1.807, 2.05) is 0 Å². The van der Waals surface area contributed by atoms with Crippen LogP contribution in [0.3, 0.4) is 0 Å². The van der Waals surface area contributed by atoms with Crippen molar-refractivity contribution in [2.24, 2.45) is 0 Å². The van der Waals surface area contributed by atoms with Crippen LogP contribution in [0.1, 0.15) is 11.1 Å². The van der Waals surface area contributed by atoms with E-state index in [1.54, 1.807) is 6.07 Å². The molecule has 14 heavy (non-hydrogen) atoms. The molecule has 0 saturated heterocycles. The number of nitrogens with one attached hydrogen (secondary N) is 1. The zero-order valence-corrected chi connectivity index (χ0v) is 7.31. The highest BCUT2D eigenvalue weighted by atomic mass is 19.4. The first-order valence-electron chi connectivity index (χ1n) is 3.78. The quantitative estimate of drug-likeness (QED) is 0.756. The van der Waals surface area contributed by atoms with E-state index in [-0.39, 0.29) is 11.3 Å². The fourth-order valence-electron chi connectivity index (χ4n) is 1.02. The molecule has 0 atom stereocenters. The molecule has 2 nitrogen and oxygen atoms in total. The van der Waals surface area contributed by atoms with Crippen LogP contribution in [0.25, 0.3) is 0 Å². The summed E-state index contributed by atoms with van der Waals surface area (Å²) in [5.41, 5.74) is -0.385. The van der Waals surface area contributed by atoms with Crippen LogP contribution in [0.15, 0.2) is 18.2 Å². The molecule has 0 aliphatic rings. The summed E-state index contributed by atoms with van der Waals surface area (Å²) >= 11 is 0. The summed E-state index contributed by atoms with van der Waals surface area (Å²) < 4.78 is 36.7. The minimum Gasteiger partial charge on any atom is -0.387 e. The van der Waals surface area contributed by atoms with Gasteiger partial charge in [0.1, 0.15) is 6.07 Å². The molecule has 74 valence electrons. The van der Waals surface area contributed by atoms with Gasteiger partial charge >= 0.3 is 6.18 Å². The van der Waals surface area contributed by atoms with Crippen molar-refractivity contribution in [1.29, 1.82) is 5.26 Å². The highest BCUT2D eigenvalue weighted by molar-refractivity contribution is 5.58. The summed E-state index contributed by atoms with van der Waals surface area (Å²) in [6, 6.07) is 4.75. The maximum Gasteiger partial charge on any atom is 0.416 e. The van der Waals surface area contributed by atoms with Crippen LogP contribution >= 0.6 is 0 Å². The fourth-order valence-corrected chi connectivity index (χ4v) is 1.02. The smallest absolute Gasteiger partial charge is 0.387 e. The van der Waals surface area contributed by atoms with Gasteiger partial charge < -0.3 is 5.32 Å². The molecule has 0 aliphatic heterocycles. The van der Waals surface area contributed by atoms with Gasteiger partial charge in [0, 0.05) is 7.05 Å².